The zero-order valence-corrected chi connectivity index (χ0v) is 9.22. The van der Waals surface area contributed by atoms with Gasteiger partial charge in [0.1, 0.15) is 6.33 Å². The van der Waals surface area contributed by atoms with Crippen molar-refractivity contribution in [2.24, 2.45) is 4.99 Å². The molecule has 1 aliphatic heterocycles. The molecule has 0 aliphatic carbocycles. The van der Waals surface area contributed by atoms with E-state index in [2.05, 4.69) is 15.0 Å². The Bertz CT molecular complexity index is 462. The van der Waals surface area contributed by atoms with Gasteiger partial charge in [-0.2, -0.15) is 0 Å². The lowest BCUT2D eigenvalue weighted by Crippen LogP contribution is -1.86. The highest BCUT2D eigenvalue weighted by Gasteiger charge is 2.01. The fraction of sp³-hybridized carbons (Fsp3) is 0.0909. The number of nitrogens with zero attached hydrogens (tertiary/aromatic N) is 3. The van der Waals surface area contributed by atoms with Gasteiger partial charge in [0.2, 0.25) is 0 Å². The largest absolute Gasteiger partial charge is 0.272 e. The molecular weight excluding hydrogens is 222 g/mol. The van der Waals surface area contributed by atoms with E-state index in [1.54, 1.807) is 11.9 Å². The van der Waals surface area contributed by atoms with Gasteiger partial charge in [-0.3, -0.25) is 4.79 Å². The second kappa shape index (κ2) is 5.37. The van der Waals surface area contributed by atoms with Gasteiger partial charge in [0, 0.05) is 11.6 Å². The Labute approximate surface area is 96.8 Å². The van der Waals surface area contributed by atoms with Crippen molar-refractivity contribution in [3.8, 4) is 0 Å². The lowest BCUT2D eigenvalue weighted by molar-refractivity contribution is -0.115. The number of rotatable bonds is 0. The van der Waals surface area contributed by atoms with Crippen molar-refractivity contribution in [2.75, 3.05) is 5.75 Å². The third-order valence-corrected chi connectivity index (χ3v) is 2.56. The van der Waals surface area contributed by atoms with E-state index in [1.807, 2.05) is 30.5 Å². The molecule has 0 atom stereocenters. The smallest absolute Gasteiger partial charge is 0.256 e. The molecule has 16 heavy (non-hydrogen) atoms. The molecule has 0 unspecified atom stereocenters. The number of aromatic nitrogens is 2. The lowest BCUT2D eigenvalue weighted by Gasteiger charge is -1.90. The van der Waals surface area contributed by atoms with E-state index in [0.29, 0.717) is 5.75 Å². The van der Waals surface area contributed by atoms with Crippen molar-refractivity contribution < 1.29 is 4.79 Å². The Balaban J connectivity index is 0.000000138. The molecule has 1 aromatic heterocycles. The van der Waals surface area contributed by atoms with Crippen LogP contribution >= 0.6 is 11.8 Å². The molecule has 1 amide bonds. The summed E-state index contributed by atoms with van der Waals surface area (Å²) in [5, 5.41) is 1.09. The van der Waals surface area contributed by atoms with Gasteiger partial charge in [-0.15, -0.1) is 11.8 Å². The fourth-order valence-electron chi connectivity index (χ4n) is 1.17. The zero-order chi connectivity index (χ0) is 11.2. The number of amides is 1. The summed E-state index contributed by atoms with van der Waals surface area (Å²) in [5.74, 6) is 0.528. The molecule has 80 valence electrons. The Hall–Kier alpha value is -1.75. The average Bonchev–Trinajstić information content (AvgIpc) is 2.81. The summed E-state index contributed by atoms with van der Waals surface area (Å²) in [5.41, 5.74) is 2.57. The third-order valence-electron chi connectivity index (χ3n) is 1.89. The Morgan fingerprint density at radius 2 is 2.12 bits per heavy atom. The van der Waals surface area contributed by atoms with Gasteiger partial charge in [-0.05, 0) is 6.07 Å². The maximum atomic E-state index is 10.0. The quantitative estimate of drug-likeness (QED) is 0.695. The summed E-state index contributed by atoms with van der Waals surface area (Å²) < 4.78 is 0. The molecule has 0 N–H and O–H groups in total. The second-order valence-electron chi connectivity index (χ2n) is 3.02. The van der Waals surface area contributed by atoms with Crippen molar-refractivity contribution in [1.29, 1.82) is 0 Å². The predicted molar refractivity (Wildman–Crippen MR) is 65.5 cm³/mol. The summed E-state index contributed by atoms with van der Waals surface area (Å²) in [6.07, 6.45) is 3.37. The van der Waals surface area contributed by atoms with Crippen LogP contribution in [0.2, 0.25) is 0 Å². The van der Waals surface area contributed by atoms with Crippen molar-refractivity contribution in [3.63, 3.8) is 0 Å². The van der Waals surface area contributed by atoms with Gasteiger partial charge < -0.3 is 0 Å². The second-order valence-corrected chi connectivity index (χ2v) is 3.85. The minimum absolute atomic E-state index is 0.0139. The Kier molecular flexibility index (Phi) is 3.61. The zero-order valence-electron chi connectivity index (χ0n) is 8.41. The van der Waals surface area contributed by atoms with E-state index in [0.717, 1.165) is 10.9 Å². The summed E-state index contributed by atoms with van der Waals surface area (Å²) in [6, 6.07) is 7.91. The lowest BCUT2D eigenvalue weighted by atomic mass is 10.2. The number of para-hydroxylation sites is 1. The molecule has 0 saturated carbocycles. The Morgan fingerprint density at radius 1 is 1.25 bits per heavy atom. The minimum Gasteiger partial charge on any atom is -0.272 e. The number of benzene rings is 1. The topological polar surface area (TPSA) is 55.2 Å². The van der Waals surface area contributed by atoms with Gasteiger partial charge in [0.25, 0.3) is 5.91 Å². The monoisotopic (exact) mass is 231 g/mol. The van der Waals surface area contributed by atoms with Crippen molar-refractivity contribution >= 4 is 34.1 Å². The van der Waals surface area contributed by atoms with E-state index >= 15 is 0 Å². The number of fused-ring (bicyclic) bond motifs is 1. The highest BCUT2D eigenvalue weighted by molar-refractivity contribution is 8.13. The van der Waals surface area contributed by atoms with E-state index in [1.165, 1.54) is 11.8 Å². The minimum atomic E-state index is -0.0139. The van der Waals surface area contributed by atoms with Crippen LogP contribution in [0.15, 0.2) is 41.8 Å². The van der Waals surface area contributed by atoms with Crippen LogP contribution < -0.4 is 0 Å². The molecule has 5 heteroatoms. The summed E-state index contributed by atoms with van der Waals surface area (Å²) >= 11 is 1.44. The van der Waals surface area contributed by atoms with E-state index in [4.69, 9.17) is 0 Å². The van der Waals surface area contributed by atoms with Gasteiger partial charge in [-0.25, -0.2) is 15.0 Å². The number of aliphatic imine (C=N–C) groups is 1. The van der Waals surface area contributed by atoms with Crippen molar-refractivity contribution in [2.45, 2.75) is 0 Å². The van der Waals surface area contributed by atoms with E-state index in [-0.39, 0.29) is 5.91 Å². The fourth-order valence-corrected chi connectivity index (χ4v) is 1.65. The van der Waals surface area contributed by atoms with Gasteiger partial charge in [0.05, 0.1) is 16.8 Å². The maximum absolute atomic E-state index is 10.0. The third kappa shape index (κ3) is 2.87. The molecule has 0 saturated heterocycles. The highest BCUT2D eigenvalue weighted by Crippen LogP contribution is 2.06. The van der Waals surface area contributed by atoms with Gasteiger partial charge >= 0.3 is 0 Å². The molecular formula is C11H9N3OS. The molecule has 4 nitrogen and oxygen atoms in total. The first-order valence-electron chi connectivity index (χ1n) is 4.68. The van der Waals surface area contributed by atoms with Gasteiger partial charge in [0.15, 0.2) is 0 Å². The maximum Gasteiger partial charge on any atom is 0.256 e. The van der Waals surface area contributed by atoms with Crippen LogP contribution in [0.4, 0.5) is 0 Å². The number of thioether (sulfide) groups is 1. The molecule has 0 fully saturated rings. The van der Waals surface area contributed by atoms with Crippen LogP contribution in [0.25, 0.3) is 10.9 Å². The first-order valence-corrected chi connectivity index (χ1v) is 5.73. The average molecular weight is 231 g/mol. The number of carbonyl (C=O) groups is 1. The van der Waals surface area contributed by atoms with Gasteiger partial charge in [-0.1, -0.05) is 18.2 Å². The van der Waals surface area contributed by atoms with Crippen LogP contribution in [0.5, 0.6) is 0 Å². The molecule has 0 radical (unpaired) electrons. The highest BCUT2D eigenvalue weighted by atomic mass is 32.2. The molecule has 0 spiro atoms. The molecule has 3 rings (SSSR count). The van der Waals surface area contributed by atoms with E-state index < -0.39 is 0 Å². The molecule has 2 aromatic rings. The first kappa shape index (κ1) is 10.8. The summed E-state index contributed by atoms with van der Waals surface area (Å²) in [4.78, 5) is 21.4. The summed E-state index contributed by atoms with van der Waals surface area (Å²) in [7, 11) is 0. The van der Waals surface area contributed by atoms with Crippen molar-refractivity contribution in [3.05, 3.63) is 36.8 Å². The first-order chi connectivity index (χ1) is 7.86. The summed E-state index contributed by atoms with van der Waals surface area (Å²) in [6.45, 7) is 0. The van der Waals surface area contributed by atoms with Crippen LogP contribution in [0.3, 0.4) is 0 Å². The van der Waals surface area contributed by atoms with Crippen LogP contribution in [-0.4, -0.2) is 27.2 Å². The molecule has 2 heterocycles. The normalized spacial score (nSPS) is 13.6. The van der Waals surface area contributed by atoms with Crippen LogP contribution in [0.1, 0.15) is 0 Å². The van der Waals surface area contributed by atoms with Crippen molar-refractivity contribution in [1.82, 2.24) is 9.97 Å². The molecule has 1 aliphatic rings. The predicted octanol–water partition coefficient (Wildman–Crippen LogP) is 1.92. The van der Waals surface area contributed by atoms with Crippen LogP contribution in [0, 0.1) is 0 Å². The number of carbonyl (C=O) groups excluding carboxylic acids is 1. The standard InChI is InChI=1S/C8H6N2.C3H3NOS/c1-2-4-8-7(3-1)5-9-6-10-8;5-3-1-6-2-4-3/h1-6H;2H,1H2. The SMILES string of the molecule is O=C1CSC=N1.c1ccc2ncncc2c1. The van der Waals surface area contributed by atoms with E-state index in [9.17, 15) is 4.79 Å². The van der Waals surface area contributed by atoms with Crippen LogP contribution in [-0.2, 0) is 4.79 Å². The molecule has 1 aromatic carbocycles. The molecule has 0 bridgehead atoms. The Morgan fingerprint density at radius 3 is 2.75 bits per heavy atom. The number of hydrogen-bond acceptors (Lipinski definition) is 4. The number of hydrogen-bond donors (Lipinski definition) is 0.